The number of primary sulfonamides is 1. The highest BCUT2D eigenvalue weighted by Gasteiger charge is 2.18. The van der Waals surface area contributed by atoms with Gasteiger partial charge in [0.15, 0.2) is 6.61 Å². The molecule has 0 aliphatic heterocycles. The molecule has 10 heteroatoms. The van der Waals surface area contributed by atoms with Crippen LogP contribution in [-0.2, 0) is 14.8 Å². The van der Waals surface area contributed by atoms with Crippen molar-refractivity contribution >= 4 is 50.3 Å². The summed E-state index contributed by atoms with van der Waals surface area (Å²) in [5, 5.41) is 9.90. The van der Waals surface area contributed by atoms with Crippen molar-refractivity contribution in [2.75, 3.05) is 11.9 Å². The molecule has 0 aliphatic carbocycles. The number of hydrogen-bond donors (Lipinski definition) is 2. The maximum atomic E-state index is 12.7. The first-order valence-electron chi connectivity index (χ1n) is 8.59. The van der Waals surface area contributed by atoms with E-state index in [9.17, 15) is 18.0 Å². The van der Waals surface area contributed by atoms with E-state index < -0.39 is 15.9 Å². The molecule has 0 fully saturated rings. The van der Waals surface area contributed by atoms with Crippen molar-refractivity contribution in [3.05, 3.63) is 74.9 Å². The molecule has 0 bridgehead atoms. The normalized spacial score (nSPS) is 11.2. The quantitative estimate of drug-likeness (QED) is 0.518. The zero-order chi connectivity index (χ0) is 21.9. The lowest BCUT2D eigenvalue weighted by atomic mass is 10.1. The van der Waals surface area contributed by atoms with Crippen LogP contribution < -0.4 is 15.2 Å². The average molecular weight is 465 g/mol. The van der Waals surface area contributed by atoms with Gasteiger partial charge in [-0.05, 0) is 60.3 Å². The second kappa shape index (κ2) is 8.97. The van der Waals surface area contributed by atoms with Gasteiger partial charge in [0.2, 0.25) is 15.8 Å². The van der Waals surface area contributed by atoms with Crippen molar-refractivity contribution in [3.63, 3.8) is 0 Å². The summed E-state index contributed by atoms with van der Waals surface area (Å²) >= 11 is 7.31. The Bertz CT molecular complexity index is 1210. The van der Waals surface area contributed by atoms with Gasteiger partial charge in [-0.3, -0.25) is 9.59 Å². The first kappa shape index (κ1) is 22.0. The molecule has 7 nitrogen and oxygen atoms in total. The van der Waals surface area contributed by atoms with Crippen molar-refractivity contribution in [1.29, 1.82) is 0 Å². The van der Waals surface area contributed by atoms with Crippen LogP contribution in [0.5, 0.6) is 5.75 Å². The number of hydrogen-bond acceptors (Lipinski definition) is 6. The summed E-state index contributed by atoms with van der Waals surface area (Å²) in [6, 6.07) is 12.2. The number of ketones is 1. The molecule has 3 aromatic rings. The van der Waals surface area contributed by atoms with Crippen molar-refractivity contribution in [2.45, 2.75) is 11.8 Å². The van der Waals surface area contributed by atoms with E-state index in [1.54, 1.807) is 30.5 Å². The minimum Gasteiger partial charge on any atom is -0.483 e. The number of rotatable bonds is 7. The smallest absolute Gasteiger partial charge is 0.262 e. The molecule has 156 valence electrons. The fraction of sp³-hybridized carbons (Fsp3) is 0.100. The number of nitrogens with two attached hydrogens (primary N) is 1. The third-order valence-electron chi connectivity index (χ3n) is 4.09. The maximum absolute atomic E-state index is 12.7. The first-order valence-corrected chi connectivity index (χ1v) is 11.4. The van der Waals surface area contributed by atoms with Crippen LogP contribution in [0.25, 0.3) is 0 Å². The standard InChI is InChI=1S/C20H17ClN2O5S2/c1-12-9-14(30(22,26)27)5-6-16(12)23-19(24)11-28-17-7-4-13(21)10-15(17)20(25)18-3-2-8-29-18/h2-10H,11H2,1H3,(H,23,24)(H2,22,26,27). The van der Waals surface area contributed by atoms with Crippen LogP contribution >= 0.6 is 22.9 Å². The topological polar surface area (TPSA) is 116 Å². The maximum Gasteiger partial charge on any atom is 0.262 e. The molecule has 3 N–H and O–H groups in total. The van der Waals surface area contributed by atoms with Gasteiger partial charge in [-0.2, -0.15) is 0 Å². The predicted octanol–water partition coefficient (Wildman–Crippen LogP) is 3.61. The minimum absolute atomic E-state index is 0.0489. The lowest BCUT2D eigenvalue weighted by Gasteiger charge is -2.12. The van der Waals surface area contributed by atoms with E-state index in [2.05, 4.69) is 5.32 Å². The highest BCUT2D eigenvalue weighted by Crippen LogP contribution is 2.27. The van der Waals surface area contributed by atoms with Crippen molar-refractivity contribution < 1.29 is 22.7 Å². The van der Waals surface area contributed by atoms with Crippen LogP contribution in [0.2, 0.25) is 5.02 Å². The van der Waals surface area contributed by atoms with Gasteiger partial charge in [-0.25, -0.2) is 13.6 Å². The number of carbonyl (C=O) groups is 2. The highest BCUT2D eigenvalue weighted by molar-refractivity contribution is 7.89. The molecule has 0 saturated heterocycles. The number of ether oxygens (including phenoxy) is 1. The largest absolute Gasteiger partial charge is 0.483 e. The van der Waals surface area contributed by atoms with E-state index in [1.807, 2.05) is 0 Å². The Balaban J connectivity index is 1.72. The van der Waals surface area contributed by atoms with Crippen LogP contribution in [-0.4, -0.2) is 26.7 Å². The second-order valence-corrected chi connectivity index (χ2v) is 9.25. The number of anilines is 1. The highest BCUT2D eigenvalue weighted by atomic mass is 35.5. The van der Waals surface area contributed by atoms with E-state index in [1.165, 1.54) is 41.7 Å². The number of carbonyl (C=O) groups excluding carboxylic acids is 2. The number of benzene rings is 2. The molecule has 0 spiro atoms. The van der Waals surface area contributed by atoms with E-state index in [0.717, 1.165) is 0 Å². The SMILES string of the molecule is Cc1cc(S(N)(=O)=O)ccc1NC(=O)COc1ccc(Cl)cc1C(=O)c1cccs1. The lowest BCUT2D eigenvalue weighted by molar-refractivity contribution is -0.118. The van der Waals surface area contributed by atoms with E-state index in [-0.39, 0.29) is 28.6 Å². The van der Waals surface area contributed by atoms with Crippen LogP contribution in [0.4, 0.5) is 5.69 Å². The molecular formula is C20H17ClN2O5S2. The fourth-order valence-electron chi connectivity index (χ4n) is 2.63. The van der Waals surface area contributed by atoms with Crippen LogP contribution in [0.1, 0.15) is 20.8 Å². The van der Waals surface area contributed by atoms with Gasteiger partial charge < -0.3 is 10.1 Å². The number of thiophene rings is 1. The fourth-order valence-corrected chi connectivity index (χ4v) is 4.08. The summed E-state index contributed by atoms with van der Waals surface area (Å²) < 4.78 is 28.4. The van der Waals surface area contributed by atoms with Gasteiger partial charge in [-0.15, -0.1) is 11.3 Å². The summed E-state index contributed by atoms with van der Waals surface area (Å²) in [6.45, 7) is 1.28. The molecule has 0 aliphatic rings. The van der Waals surface area contributed by atoms with Gasteiger partial charge in [0.25, 0.3) is 5.91 Å². The van der Waals surface area contributed by atoms with Crippen LogP contribution in [0, 0.1) is 6.92 Å². The van der Waals surface area contributed by atoms with E-state index in [0.29, 0.717) is 21.2 Å². The van der Waals surface area contributed by atoms with Crippen LogP contribution in [0.15, 0.2) is 58.8 Å². The van der Waals surface area contributed by atoms with E-state index >= 15 is 0 Å². The molecule has 0 radical (unpaired) electrons. The molecule has 2 aromatic carbocycles. The van der Waals surface area contributed by atoms with E-state index in [4.69, 9.17) is 21.5 Å². The van der Waals surface area contributed by atoms with Crippen LogP contribution in [0.3, 0.4) is 0 Å². The zero-order valence-corrected chi connectivity index (χ0v) is 18.1. The van der Waals surface area contributed by atoms with Gasteiger partial charge >= 0.3 is 0 Å². The Hall–Kier alpha value is -2.72. The van der Waals surface area contributed by atoms with Crippen molar-refractivity contribution in [1.82, 2.24) is 0 Å². The Kier molecular flexibility index (Phi) is 6.57. The summed E-state index contributed by atoms with van der Waals surface area (Å²) in [4.78, 5) is 25.5. The third-order valence-corrected chi connectivity index (χ3v) is 6.11. The molecule has 30 heavy (non-hydrogen) atoms. The summed E-state index contributed by atoms with van der Waals surface area (Å²) in [6.07, 6.45) is 0. The second-order valence-electron chi connectivity index (χ2n) is 6.31. The summed E-state index contributed by atoms with van der Waals surface area (Å²) in [5.74, 6) is -0.502. The van der Waals surface area contributed by atoms with Crippen molar-refractivity contribution in [3.8, 4) is 5.75 Å². The number of sulfonamides is 1. The number of nitrogens with one attached hydrogen (secondary N) is 1. The Morgan fingerprint density at radius 3 is 2.57 bits per heavy atom. The average Bonchev–Trinajstić information content (AvgIpc) is 3.22. The molecule has 3 rings (SSSR count). The number of amides is 1. The summed E-state index contributed by atoms with van der Waals surface area (Å²) in [5.41, 5.74) is 1.20. The summed E-state index contributed by atoms with van der Waals surface area (Å²) in [7, 11) is -3.83. The monoisotopic (exact) mass is 464 g/mol. The van der Waals surface area contributed by atoms with Gasteiger partial charge in [-0.1, -0.05) is 17.7 Å². The molecule has 1 amide bonds. The van der Waals surface area contributed by atoms with Gasteiger partial charge in [0.05, 0.1) is 15.3 Å². The zero-order valence-electron chi connectivity index (χ0n) is 15.7. The molecule has 0 unspecified atom stereocenters. The van der Waals surface area contributed by atoms with Crippen molar-refractivity contribution in [2.24, 2.45) is 5.14 Å². The first-order chi connectivity index (χ1) is 14.1. The number of halogens is 1. The Labute approximate surface area is 182 Å². The molecule has 0 saturated carbocycles. The Morgan fingerprint density at radius 2 is 1.93 bits per heavy atom. The Morgan fingerprint density at radius 1 is 1.17 bits per heavy atom. The third kappa shape index (κ3) is 5.25. The number of aryl methyl sites for hydroxylation is 1. The lowest BCUT2D eigenvalue weighted by Crippen LogP contribution is -2.21. The van der Waals surface area contributed by atoms with Gasteiger partial charge in [0, 0.05) is 10.7 Å². The molecule has 1 heterocycles. The molecule has 0 atom stereocenters. The minimum atomic E-state index is -3.83. The molecule has 1 aromatic heterocycles. The van der Waals surface area contributed by atoms with Gasteiger partial charge in [0.1, 0.15) is 5.75 Å². The predicted molar refractivity (Wildman–Crippen MR) is 116 cm³/mol. The molecular weight excluding hydrogens is 448 g/mol.